The smallest absolute Gasteiger partial charge is 0.0998 e. The first-order chi connectivity index (χ1) is 33.2. The first-order valence-electron chi connectivity index (χ1n) is 22.5. The number of nitrogens with zero attached hydrogens (tertiary/aromatic N) is 5. The maximum Gasteiger partial charge on any atom is 0.0998 e. The summed E-state index contributed by atoms with van der Waals surface area (Å²) in [6.45, 7) is 0. The van der Waals surface area contributed by atoms with Crippen LogP contribution in [-0.2, 0) is 0 Å². The first-order valence-corrected chi connectivity index (χ1v) is 22.5. The molecule has 0 amide bonds. The lowest BCUT2D eigenvalue weighted by atomic mass is 9.87. The van der Waals surface area contributed by atoms with Gasteiger partial charge in [0.2, 0.25) is 0 Å². The fraction of sp³-hybridized carbons (Fsp3) is 0. The van der Waals surface area contributed by atoms with Crippen molar-refractivity contribution in [1.82, 2.24) is 13.7 Å². The molecule has 0 N–H and O–H groups in total. The number of rotatable bonds is 6. The van der Waals surface area contributed by atoms with Gasteiger partial charge in [0.1, 0.15) is 0 Å². The summed E-state index contributed by atoms with van der Waals surface area (Å²) in [6, 6.07) is 84.0. The summed E-state index contributed by atoms with van der Waals surface area (Å²) < 4.78 is 7.28. The molecular weight excluding hydrogens is 815 g/mol. The van der Waals surface area contributed by atoms with E-state index in [4.69, 9.17) is 0 Å². The molecule has 3 heterocycles. The van der Waals surface area contributed by atoms with Crippen LogP contribution in [0.25, 0.3) is 116 Å². The van der Waals surface area contributed by atoms with Crippen LogP contribution in [0.5, 0.6) is 0 Å². The summed E-state index contributed by atoms with van der Waals surface area (Å²) in [5.41, 5.74) is 16.6. The van der Waals surface area contributed by atoms with E-state index in [1.165, 1.54) is 10.8 Å². The van der Waals surface area contributed by atoms with Crippen LogP contribution in [0.4, 0.5) is 0 Å². The molecule has 0 aliphatic rings. The molecule has 0 saturated carbocycles. The molecule has 0 aliphatic carbocycles. The molecule has 0 aliphatic heterocycles. The van der Waals surface area contributed by atoms with Gasteiger partial charge in [-0.3, -0.25) is 0 Å². The second-order valence-corrected chi connectivity index (χ2v) is 17.1. The third-order valence-corrected chi connectivity index (χ3v) is 13.5. The lowest BCUT2D eigenvalue weighted by Crippen LogP contribution is -2.01. The molecule has 0 bridgehead atoms. The predicted octanol–water partition coefficient (Wildman–Crippen LogP) is 15.7. The quantitative estimate of drug-likeness (QED) is 0.167. The van der Waals surface area contributed by atoms with Crippen molar-refractivity contribution in [3.05, 3.63) is 236 Å². The number of hydrogen-bond donors (Lipinski definition) is 0. The third kappa shape index (κ3) is 5.79. The van der Waals surface area contributed by atoms with Crippen molar-refractivity contribution < 1.29 is 0 Å². The monoisotopic (exact) mass is 851 g/mol. The van der Waals surface area contributed by atoms with Crippen molar-refractivity contribution in [2.75, 3.05) is 0 Å². The van der Waals surface area contributed by atoms with Gasteiger partial charge >= 0.3 is 0 Å². The summed E-state index contributed by atoms with van der Waals surface area (Å²) in [7, 11) is 0. The lowest BCUT2D eigenvalue weighted by Gasteiger charge is -2.21. The molecule has 3 aromatic heterocycles. The van der Waals surface area contributed by atoms with Gasteiger partial charge in [-0.2, -0.15) is 10.5 Å². The maximum absolute atomic E-state index is 10.6. The van der Waals surface area contributed by atoms with Crippen LogP contribution >= 0.6 is 0 Å². The van der Waals surface area contributed by atoms with E-state index in [9.17, 15) is 10.5 Å². The number of aromatic nitrogens is 3. The van der Waals surface area contributed by atoms with Crippen LogP contribution < -0.4 is 0 Å². The zero-order chi connectivity index (χ0) is 44.6. The van der Waals surface area contributed by atoms with Gasteiger partial charge in [0.25, 0.3) is 0 Å². The Bertz CT molecular complexity index is 4160. The number of hydrogen-bond acceptors (Lipinski definition) is 2. The van der Waals surface area contributed by atoms with E-state index in [0.29, 0.717) is 11.1 Å². The molecule has 5 heteroatoms. The highest BCUT2D eigenvalue weighted by molar-refractivity contribution is 6.26. The van der Waals surface area contributed by atoms with Crippen molar-refractivity contribution in [2.45, 2.75) is 0 Å². The van der Waals surface area contributed by atoms with Crippen LogP contribution in [0.3, 0.4) is 0 Å². The van der Waals surface area contributed by atoms with E-state index in [-0.39, 0.29) is 0 Å². The van der Waals surface area contributed by atoms with Crippen molar-refractivity contribution in [3.63, 3.8) is 0 Å². The summed E-state index contributed by atoms with van der Waals surface area (Å²) in [4.78, 5) is 0. The molecule has 13 aromatic rings. The zero-order valence-corrected chi connectivity index (χ0v) is 36.1. The van der Waals surface area contributed by atoms with Gasteiger partial charge in [0.05, 0.1) is 62.1 Å². The molecule has 0 spiro atoms. The minimum absolute atomic E-state index is 0.450. The highest BCUT2D eigenvalue weighted by Crippen LogP contribution is 2.47. The van der Waals surface area contributed by atoms with Crippen molar-refractivity contribution >= 4 is 65.4 Å². The number of benzene rings is 10. The molecule has 0 unspecified atom stereocenters. The van der Waals surface area contributed by atoms with E-state index < -0.39 is 0 Å². The normalized spacial score (nSPS) is 11.6. The second-order valence-electron chi connectivity index (χ2n) is 17.1. The summed E-state index contributed by atoms with van der Waals surface area (Å²) >= 11 is 0. The van der Waals surface area contributed by atoms with Gasteiger partial charge in [-0.05, 0) is 101 Å². The minimum Gasteiger partial charge on any atom is -0.309 e. The largest absolute Gasteiger partial charge is 0.309 e. The molecule has 0 fully saturated rings. The molecule has 0 saturated heterocycles. The van der Waals surface area contributed by atoms with E-state index in [1.54, 1.807) is 6.07 Å². The van der Waals surface area contributed by atoms with Crippen LogP contribution in [0, 0.1) is 22.7 Å². The van der Waals surface area contributed by atoms with E-state index in [0.717, 1.165) is 105 Å². The number of para-hydroxylation sites is 4. The van der Waals surface area contributed by atoms with Gasteiger partial charge < -0.3 is 13.7 Å². The van der Waals surface area contributed by atoms with Gasteiger partial charge in [0, 0.05) is 54.8 Å². The number of fused-ring (bicyclic) bond motifs is 10. The Labute approximate surface area is 386 Å². The molecule has 67 heavy (non-hydrogen) atoms. The van der Waals surface area contributed by atoms with E-state index in [2.05, 4.69) is 226 Å². The fourth-order valence-electron chi connectivity index (χ4n) is 10.6. The highest BCUT2D eigenvalue weighted by atomic mass is 15.0. The van der Waals surface area contributed by atoms with Crippen LogP contribution in [0.1, 0.15) is 11.1 Å². The average molecular weight is 852 g/mol. The highest BCUT2D eigenvalue weighted by Gasteiger charge is 2.25. The zero-order valence-electron chi connectivity index (χ0n) is 36.1. The van der Waals surface area contributed by atoms with Gasteiger partial charge in [0.15, 0.2) is 0 Å². The van der Waals surface area contributed by atoms with Crippen LogP contribution in [0.2, 0.25) is 0 Å². The van der Waals surface area contributed by atoms with Crippen molar-refractivity contribution in [2.24, 2.45) is 0 Å². The predicted molar refractivity (Wildman–Crippen MR) is 275 cm³/mol. The molecule has 310 valence electrons. The lowest BCUT2D eigenvalue weighted by molar-refractivity contribution is 1.17. The molecule has 5 nitrogen and oxygen atoms in total. The molecular formula is C62H37N5. The third-order valence-electron chi connectivity index (χ3n) is 13.5. The summed E-state index contributed by atoms with van der Waals surface area (Å²) in [5.74, 6) is 0. The summed E-state index contributed by atoms with van der Waals surface area (Å²) in [6.07, 6.45) is 0. The van der Waals surface area contributed by atoms with Crippen LogP contribution in [0.15, 0.2) is 224 Å². The Balaban J connectivity index is 1.22. The standard InChI is InChI=1S/C62H37N5/c63-38-40-28-30-46(43(34-40)39-64)53-36-52(42-18-6-2-7-19-42)60(37-51(53)41-16-4-1-5-17-41)67-58-32-29-45(66-55-25-13-10-22-47(55)48-23-11-14-26-56(48)66)35-54(58)49-31-33-59-61(62(49)67)50-24-12-15-27-57(50)65(59)44-20-8-3-9-21-44/h1-37H. The first kappa shape index (κ1) is 38.1. The fourth-order valence-corrected chi connectivity index (χ4v) is 10.6. The van der Waals surface area contributed by atoms with Crippen molar-refractivity contribution in [1.29, 1.82) is 10.5 Å². The maximum atomic E-state index is 10.6. The molecule has 13 rings (SSSR count). The molecule has 0 atom stereocenters. The van der Waals surface area contributed by atoms with E-state index >= 15 is 0 Å². The second kappa shape index (κ2) is 15.1. The Morgan fingerprint density at radius 2 is 0.866 bits per heavy atom. The number of nitriles is 2. The SMILES string of the molecule is N#Cc1ccc(-c2cc(-c3ccccc3)c(-n3c4ccc(-n5c6ccccc6c6ccccc65)cc4c4ccc5c(c6ccccc6n5-c5ccccc5)c43)cc2-c2ccccc2)c(C#N)c1. The Morgan fingerprint density at radius 1 is 0.313 bits per heavy atom. The van der Waals surface area contributed by atoms with Gasteiger partial charge in [-0.1, -0.05) is 146 Å². The van der Waals surface area contributed by atoms with E-state index in [1.807, 2.05) is 18.2 Å². The Kier molecular flexibility index (Phi) is 8.58. The topological polar surface area (TPSA) is 62.4 Å². The van der Waals surface area contributed by atoms with Gasteiger partial charge in [-0.15, -0.1) is 0 Å². The Hall–Kier alpha value is -9.42. The molecule has 0 radical (unpaired) electrons. The van der Waals surface area contributed by atoms with Crippen LogP contribution in [-0.4, -0.2) is 13.7 Å². The molecule has 10 aromatic carbocycles. The minimum atomic E-state index is 0.450. The average Bonchev–Trinajstić information content (AvgIpc) is 4.04. The van der Waals surface area contributed by atoms with Gasteiger partial charge in [-0.25, -0.2) is 0 Å². The Morgan fingerprint density at radius 3 is 1.52 bits per heavy atom. The summed E-state index contributed by atoms with van der Waals surface area (Å²) in [5, 5.41) is 27.5. The van der Waals surface area contributed by atoms with Crippen molar-refractivity contribution in [3.8, 4) is 62.6 Å².